The Bertz CT molecular complexity index is 493. The maximum absolute atomic E-state index is 12.7. The number of halogens is 1. The Kier molecular flexibility index (Phi) is 4.07. The van der Waals surface area contributed by atoms with Crippen LogP contribution >= 0.6 is 15.9 Å². The molecule has 6 nitrogen and oxygen atoms in total. The monoisotopic (exact) mass is 328 g/mol. The molecule has 1 aromatic rings. The van der Waals surface area contributed by atoms with Gasteiger partial charge in [0.15, 0.2) is 5.82 Å². The third kappa shape index (κ3) is 2.88. The largest absolute Gasteiger partial charge is 0.377 e. The van der Waals surface area contributed by atoms with E-state index in [4.69, 9.17) is 10.6 Å². The molecule has 0 spiro atoms. The Balaban J connectivity index is 2.35. The quantitative estimate of drug-likeness (QED) is 0.633. The van der Waals surface area contributed by atoms with E-state index in [1.165, 1.54) is 0 Å². The number of rotatable bonds is 2. The summed E-state index contributed by atoms with van der Waals surface area (Å²) in [6.45, 7) is 5.58. The molecular formula is C12H17BrN4O2. The Morgan fingerprint density at radius 1 is 1.63 bits per heavy atom. The topological polar surface area (TPSA) is 80.5 Å². The number of amides is 1. The van der Waals surface area contributed by atoms with Gasteiger partial charge in [0.1, 0.15) is 0 Å². The van der Waals surface area contributed by atoms with E-state index in [-0.39, 0.29) is 11.4 Å². The van der Waals surface area contributed by atoms with Crippen molar-refractivity contribution in [2.45, 2.75) is 19.4 Å². The number of nitrogens with two attached hydrogens (primary N) is 1. The Morgan fingerprint density at radius 3 is 3.00 bits per heavy atom. The van der Waals surface area contributed by atoms with Gasteiger partial charge in [0.05, 0.1) is 24.3 Å². The molecule has 1 aliphatic heterocycles. The zero-order chi connectivity index (χ0) is 14.0. The van der Waals surface area contributed by atoms with Crippen molar-refractivity contribution in [3.8, 4) is 0 Å². The number of pyridine rings is 1. The minimum Gasteiger partial charge on any atom is -0.377 e. The molecule has 0 unspecified atom stereocenters. The molecule has 2 rings (SSSR count). The summed E-state index contributed by atoms with van der Waals surface area (Å²) in [4.78, 5) is 18.6. The zero-order valence-corrected chi connectivity index (χ0v) is 12.5. The number of morpholine rings is 1. The number of hydrazine groups is 1. The third-order valence-electron chi connectivity index (χ3n) is 3.11. The molecule has 1 saturated heterocycles. The third-order valence-corrected chi connectivity index (χ3v) is 3.55. The van der Waals surface area contributed by atoms with Crippen molar-refractivity contribution in [3.05, 3.63) is 22.3 Å². The fourth-order valence-electron chi connectivity index (χ4n) is 2.10. The molecule has 2 heterocycles. The number of ether oxygens (including phenoxy) is 1. The molecule has 0 atom stereocenters. The highest BCUT2D eigenvalue weighted by Crippen LogP contribution is 2.25. The van der Waals surface area contributed by atoms with Gasteiger partial charge >= 0.3 is 0 Å². The number of aromatic nitrogens is 1. The summed E-state index contributed by atoms with van der Waals surface area (Å²) in [5, 5.41) is 0. The van der Waals surface area contributed by atoms with Crippen LogP contribution in [0.25, 0.3) is 0 Å². The van der Waals surface area contributed by atoms with E-state index in [2.05, 4.69) is 26.3 Å². The standard InChI is InChI=1S/C12H17BrN4O2/c1-12(2)7-19-4-3-17(12)11(18)9-5-8(13)6-15-10(9)16-14/h5-6H,3-4,7,14H2,1-2H3,(H,15,16). The summed E-state index contributed by atoms with van der Waals surface area (Å²) in [5.41, 5.74) is 2.57. The molecule has 0 aliphatic carbocycles. The van der Waals surface area contributed by atoms with E-state index in [0.29, 0.717) is 31.1 Å². The van der Waals surface area contributed by atoms with Gasteiger partial charge in [0.2, 0.25) is 0 Å². The van der Waals surface area contributed by atoms with Gasteiger partial charge in [-0.2, -0.15) is 0 Å². The summed E-state index contributed by atoms with van der Waals surface area (Å²) in [5.74, 6) is 5.68. The molecule has 1 amide bonds. The number of anilines is 1. The van der Waals surface area contributed by atoms with Gasteiger partial charge in [0.25, 0.3) is 5.91 Å². The van der Waals surface area contributed by atoms with Crippen LogP contribution in [0, 0.1) is 0 Å². The van der Waals surface area contributed by atoms with E-state index in [1.54, 1.807) is 17.2 Å². The van der Waals surface area contributed by atoms with Gasteiger partial charge in [0, 0.05) is 17.2 Å². The number of nitrogens with one attached hydrogen (secondary N) is 1. The van der Waals surface area contributed by atoms with Crippen LogP contribution in [-0.2, 0) is 4.74 Å². The first kappa shape index (κ1) is 14.2. The first-order valence-corrected chi connectivity index (χ1v) is 6.77. The second kappa shape index (κ2) is 5.44. The molecule has 1 aliphatic rings. The van der Waals surface area contributed by atoms with Crippen LogP contribution in [-0.4, -0.2) is 41.1 Å². The van der Waals surface area contributed by atoms with Gasteiger partial charge in [-0.05, 0) is 35.8 Å². The van der Waals surface area contributed by atoms with Crippen molar-refractivity contribution in [3.63, 3.8) is 0 Å². The molecule has 0 aromatic carbocycles. The van der Waals surface area contributed by atoms with Crippen LogP contribution in [0.15, 0.2) is 16.7 Å². The fraction of sp³-hybridized carbons (Fsp3) is 0.500. The molecule has 1 aromatic heterocycles. The lowest BCUT2D eigenvalue weighted by Crippen LogP contribution is -2.55. The maximum atomic E-state index is 12.7. The van der Waals surface area contributed by atoms with Gasteiger partial charge in [-0.1, -0.05) is 0 Å². The first-order valence-electron chi connectivity index (χ1n) is 5.97. The lowest BCUT2D eigenvalue weighted by atomic mass is 10.0. The molecular weight excluding hydrogens is 312 g/mol. The van der Waals surface area contributed by atoms with Crippen molar-refractivity contribution < 1.29 is 9.53 Å². The van der Waals surface area contributed by atoms with Crippen LogP contribution in [0.2, 0.25) is 0 Å². The Hall–Kier alpha value is -1.18. The van der Waals surface area contributed by atoms with Crippen LogP contribution in [0.5, 0.6) is 0 Å². The smallest absolute Gasteiger partial charge is 0.258 e. The van der Waals surface area contributed by atoms with Crippen LogP contribution in [0.1, 0.15) is 24.2 Å². The van der Waals surface area contributed by atoms with Gasteiger partial charge < -0.3 is 15.1 Å². The minimum atomic E-state index is -0.344. The lowest BCUT2D eigenvalue weighted by molar-refractivity contribution is -0.0370. The summed E-state index contributed by atoms with van der Waals surface area (Å²) >= 11 is 3.32. The molecule has 0 radical (unpaired) electrons. The number of hydrogen-bond acceptors (Lipinski definition) is 5. The summed E-state index contributed by atoms with van der Waals surface area (Å²) in [6, 6.07) is 1.72. The normalized spacial score (nSPS) is 18.2. The molecule has 3 N–H and O–H groups in total. The van der Waals surface area contributed by atoms with E-state index in [0.717, 1.165) is 4.47 Å². The van der Waals surface area contributed by atoms with E-state index in [1.807, 2.05) is 13.8 Å². The van der Waals surface area contributed by atoms with E-state index < -0.39 is 0 Å². The van der Waals surface area contributed by atoms with Gasteiger partial charge in [-0.15, -0.1) is 0 Å². The number of hydrogen-bond donors (Lipinski definition) is 2. The van der Waals surface area contributed by atoms with Crippen molar-refractivity contribution in [1.82, 2.24) is 9.88 Å². The number of carbonyl (C=O) groups is 1. The van der Waals surface area contributed by atoms with Crippen molar-refractivity contribution >= 4 is 27.7 Å². The average molecular weight is 329 g/mol. The molecule has 19 heavy (non-hydrogen) atoms. The molecule has 1 fully saturated rings. The Labute approximate surface area is 120 Å². The number of nitrogen functional groups attached to an aromatic ring is 1. The minimum absolute atomic E-state index is 0.102. The predicted molar refractivity (Wildman–Crippen MR) is 75.7 cm³/mol. The lowest BCUT2D eigenvalue weighted by Gasteiger charge is -2.42. The number of nitrogens with zero attached hydrogens (tertiary/aromatic N) is 2. The highest BCUT2D eigenvalue weighted by molar-refractivity contribution is 9.10. The van der Waals surface area contributed by atoms with Gasteiger partial charge in [-0.3, -0.25) is 4.79 Å². The highest BCUT2D eigenvalue weighted by atomic mass is 79.9. The predicted octanol–water partition coefficient (Wildman–Crippen LogP) is 1.38. The second-order valence-electron chi connectivity index (χ2n) is 5.02. The van der Waals surface area contributed by atoms with Crippen LogP contribution < -0.4 is 11.3 Å². The van der Waals surface area contributed by atoms with E-state index in [9.17, 15) is 4.79 Å². The maximum Gasteiger partial charge on any atom is 0.258 e. The zero-order valence-electron chi connectivity index (χ0n) is 10.9. The summed E-state index contributed by atoms with van der Waals surface area (Å²) in [6.07, 6.45) is 1.59. The molecule has 7 heteroatoms. The highest BCUT2D eigenvalue weighted by Gasteiger charge is 2.35. The summed E-state index contributed by atoms with van der Waals surface area (Å²) < 4.78 is 6.16. The van der Waals surface area contributed by atoms with Crippen LogP contribution in [0.3, 0.4) is 0 Å². The fourth-order valence-corrected chi connectivity index (χ4v) is 2.43. The number of carbonyl (C=O) groups excluding carboxylic acids is 1. The molecule has 0 saturated carbocycles. The van der Waals surface area contributed by atoms with Crippen molar-refractivity contribution in [2.24, 2.45) is 5.84 Å². The van der Waals surface area contributed by atoms with Gasteiger partial charge in [-0.25, -0.2) is 10.8 Å². The second-order valence-corrected chi connectivity index (χ2v) is 5.93. The van der Waals surface area contributed by atoms with Crippen molar-refractivity contribution in [2.75, 3.05) is 25.2 Å². The van der Waals surface area contributed by atoms with E-state index >= 15 is 0 Å². The SMILES string of the molecule is CC1(C)COCCN1C(=O)c1cc(Br)cnc1NN. The van der Waals surface area contributed by atoms with Crippen molar-refractivity contribution in [1.29, 1.82) is 0 Å². The molecule has 104 valence electrons. The van der Waals surface area contributed by atoms with Crippen LogP contribution in [0.4, 0.5) is 5.82 Å². The molecule has 0 bridgehead atoms. The Morgan fingerprint density at radius 2 is 2.37 bits per heavy atom. The summed E-state index contributed by atoms with van der Waals surface area (Å²) in [7, 11) is 0. The first-order chi connectivity index (χ1) is 8.95. The average Bonchev–Trinajstić information content (AvgIpc) is 2.37.